The highest BCUT2D eigenvalue weighted by Crippen LogP contribution is 2.27. The minimum atomic E-state index is -0.524. The molecule has 0 amide bonds. The topological polar surface area (TPSA) is 71.4 Å². The van der Waals surface area contributed by atoms with Crippen LogP contribution < -0.4 is 10.9 Å². The van der Waals surface area contributed by atoms with Crippen LogP contribution >= 0.6 is 11.8 Å². The van der Waals surface area contributed by atoms with Crippen LogP contribution in [0.4, 0.5) is 0 Å². The van der Waals surface area contributed by atoms with Gasteiger partial charge in [-0.05, 0) is 78.2 Å². The summed E-state index contributed by atoms with van der Waals surface area (Å²) in [6.45, 7) is 7.35. The summed E-state index contributed by atoms with van der Waals surface area (Å²) in [6.07, 6.45) is 0. The van der Waals surface area contributed by atoms with Crippen molar-refractivity contribution in [3.05, 3.63) is 110 Å². The summed E-state index contributed by atoms with van der Waals surface area (Å²) in [7, 11) is 0. The van der Waals surface area contributed by atoms with Crippen LogP contribution in [0.25, 0.3) is 16.7 Å². The normalized spacial score (nSPS) is 10.5. The van der Waals surface area contributed by atoms with E-state index in [0.717, 1.165) is 17.3 Å². The van der Waals surface area contributed by atoms with Gasteiger partial charge in [0.25, 0.3) is 0 Å². The number of aryl methyl sites for hydroxylation is 1. The van der Waals surface area contributed by atoms with Crippen molar-refractivity contribution in [2.45, 2.75) is 18.7 Å². The lowest BCUT2D eigenvalue weighted by molar-refractivity contribution is 0.108. The Labute approximate surface area is 178 Å². The van der Waals surface area contributed by atoms with Gasteiger partial charge in [-0.15, -0.1) is 0 Å². The van der Waals surface area contributed by atoms with Crippen LogP contribution in [0.3, 0.4) is 0 Å². The number of benzene rings is 1. The third kappa shape index (κ3) is 4.75. The van der Waals surface area contributed by atoms with Gasteiger partial charge in [-0.1, -0.05) is 43.0 Å². The number of carbonyl (C=O) groups excluding carboxylic acids is 1. The summed E-state index contributed by atoms with van der Waals surface area (Å²) in [5.41, 5.74) is 2.70. The van der Waals surface area contributed by atoms with Crippen LogP contribution in [0.1, 0.15) is 28.4 Å². The van der Waals surface area contributed by atoms with Crippen molar-refractivity contribution in [3.8, 4) is 16.9 Å². The Morgan fingerprint density at radius 1 is 0.900 bits per heavy atom. The molecule has 150 valence electrons. The van der Waals surface area contributed by atoms with Crippen LogP contribution in [0.2, 0.25) is 0 Å². The summed E-state index contributed by atoms with van der Waals surface area (Å²) < 4.78 is 0. The Morgan fingerprint density at radius 2 is 1.63 bits per heavy atom. The minimum absolute atomic E-state index is 0.222. The smallest absolute Gasteiger partial charge is 0.224 e. The second kappa shape index (κ2) is 8.93. The van der Waals surface area contributed by atoms with Gasteiger partial charge in [0.05, 0.1) is 4.90 Å². The summed E-state index contributed by atoms with van der Waals surface area (Å²) in [4.78, 5) is 37.6. The lowest BCUT2D eigenvalue weighted by Crippen LogP contribution is -2.02. The number of allylic oxidation sites excluding steroid dienone is 1. The molecular weight excluding hydrogens is 396 g/mol. The minimum Gasteiger partial charge on any atom is -0.504 e. The van der Waals surface area contributed by atoms with E-state index in [4.69, 9.17) is 0 Å². The number of hydrogen-bond acceptors (Lipinski definition) is 5. The van der Waals surface area contributed by atoms with Crippen molar-refractivity contribution in [2.24, 2.45) is 0 Å². The Kier molecular flexibility index (Phi) is 6.33. The van der Waals surface area contributed by atoms with Crippen molar-refractivity contribution in [1.29, 1.82) is 0 Å². The van der Waals surface area contributed by atoms with Crippen LogP contribution in [0.5, 0.6) is 5.75 Å². The first-order valence-electron chi connectivity index (χ1n) is 9.23. The van der Waals surface area contributed by atoms with E-state index in [9.17, 15) is 19.5 Å². The molecule has 0 spiro atoms. The van der Waals surface area contributed by atoms with Crippen molar-refractivity contribution in [2.75, 3.05) is 0 Å². The predicted octanol–water partition coefficient (Wildman–Crippen LogP) is 5.05. The van der Waals surface area contributed by atoms with Gasteiger partial charge in [0.2, 0.25) is 10.5 Å². The summed E-state index contributed by atoms with van der Waals surface area (Å²) >= 11 is 0.874. The third-order valence-corrected chi connectivity index (χ3v) is 5.45. The monoisotopic (exact) mass is 416 g/mol. The first-order valence-corrected chi connectivity index (χ1v) is 10.0. The zero-order valence-corrected chi connectivity index (χ0v) is 17.5. The van der Waals surface area contributed by atoms with E-state index in [-0.39, 0.29) is 16.3 Å². The van der Waals surface area contributed by atoms with Crippen LogP contribution in [0.15, 0.2) is 87.8 Å². The molecule has 0 unspecified atom stereocenters. The van der Waals surface area contributed by atoms with Gasteiger partial charge in [0, 0.05) is 11.1 Å². The molecule has 0 aromatic heterocycles. The number of aromatic hydroxyl groups is 1. The standard InChI is InChI=1S/C25H20O4S/c1-15(2)20-10-9-17(14-22(27)24(20)28)18-11-16(3)12-19(13-18)25(29)30-23-8-6-4-5-7-21(23)26/h4-14H,1H2,2-3H3,(H,27,28). The Balaban J connectivity index is 2.05. The summed E-state index contributed by atoms with van der Waals surface area (Å²) in [5.74, 6) is -0.354. The van der Waals surface area contributed by atoms with Gasteiger partial charge in [0.1, 0.15) is 0 Å². The molecule has 0 fully saturated rings. The van der Waals surface area contributed by atoms with Gasteiger partial charge in [0.15, 0.2) is 11.2 Å². The number of rotatable bonds is 4. The molecule has 0 aliphatic carbocycles. The number of hydrogen-bond donors (Lipinski definition) is 1. The summed E-state index contributed by atoms with van der Waals surface area (Å²) in [6, 6.07) is 18.1. The fourth-order valence-corrected chi connectivity index (χ4v) is 3.74. The lowest BCUT2D eigenvalue weighted by Gasteiger charge is -2.06. The maximum Gasteiger partial charge on any atom is 0.224 e. The molecule has 0 saturated carbocycles. The van der Waals surface area contributed by atoms with Gasteiger partial charge in [-0.3, -0.25) is 14.4 Å². The lowest BCUT2D eigenvalue weighted by atomic mass is 10.0. The second-order valence-electron chi connectivity index (χ2n) is 6.96. The fourth-order valence-electron chi connectivity index (χ4n) is 2.99. The zero-order chi connectivity index (χ0) is 21.8. The van der Waals surface area contributed by atoms with E-state index in [1.165, 1.54) is 12.1 Å². The van der Waals surface area contributed by atoms with E-state index in [0.29, 0.717) is 32.7 Å². The highest BCUT2D eigenvalue weighted by Gasteiger charge is 2.13. The maximum absolute atomic E-state index is 12.8. The van der Waals surface area contributed by atoms with E-state index in [1.807, 2.05) is 13.0 Å². The Hall–Kier alpha value is -3.44. The molecule has 3 rings (SSSR count). The van der Waals surface area contributed by atoms with E-state index >= 15 is 0 Å². The van der Waals surface area contributed by atoms with Crippen molar-refractivity contribution in [3.63, 3.8) is 0 Å². The first-order chi connectivity index (χ1) is 14.3. The second-order valence-corrected chi connectivity index (χ2v) is 7.97. The van der Waals surface area contributed by atoms with Crippen molar-refractivity contribution < 1.29 is 9.90 Å². The number of carbonyl (C=O) groups is 1. The molecule has 30 heavy (non-hydrogen) atoms. The molecule has 0 saturated heterocycles. The molecule has 4 nitrogen and oxygen atoms in total. The van der Waals surface area contributed by atoms with Crippen molar-refractivity contribution in [1.82, 2.24) is 0 Å². The predicted molar refractivity (Wildman–Crippen MR) is 122 cm³/mol. The van der Waals surface area contributed by atoms with Crippen LogP contribution in [0, 0.1) is 6.92 Å². The maximum atomic E-state index is 12.8. The molecule has 1 N–H and O–H groups in total. The summed E-state index contributed by atoms with van der Waals surface area (Å²) in [5, 5.41) is 9.88. The zero-order valence-electron chi connectivity index (χ0n) is 16.6. The van der Waals surface area contributed by atoms with Gasteiger partial charge < -0.3 is 5.11 Å². The van der Waals surface area contributed by atoms with Crippen LogP contribution in [-0.4, -0.2) is 10.2 Å². The van der Waals surface area contributed by atoms with E-state index in [1.54, 1.807) is 55.5 Å². The quantitative estimate of drug-likeness (QED) is 0.603. The van der Waals surface area contributed by atoms with Gasteiger partial charge >= 0.3 is 0 Å². The van der Waals surface area contributed by atoms with Crippen LogP contribution in [-0.2, 0) is 0 Å². The first kappa shape index (κ1) is 21.3. The van der Waals surface area contributed by atoms with Crippen molar-refractivity contribution >= 4 is 22.5 Å². The average molecular weight is 416 g/mol. The largest absolute Gasteiger partial charge is 0.504 e. The molecule has 0 atom stereocenters. The number of thioether (sulfide) groups is 1. The molecule has 5 heteroatoms. The highest BCUT2D eigenvalue weighted by molar-refractivity contribution is 8.14. The van der Waals surface area contributed by atoms with E-state index < -0.39 is 5.43 Å². The fraction of sp³-hybridized carbons (Fsp3) is 0.0800. The molecule has 0 aliphatic rings. The molecule has 0 radical (unpaired) electrons. The highest BCUT2D eigenvalue weighted by atomic mass is 32.2. The van der Waals surface area contributed by atoms with E-state index in [2.05, 4.69) is 6.58 Å². The molecule has 0 heterocycles. The molecular formula is C25H20O4S. The third-order valence-electron chi connectivity index (χ3n) is 4.47. The Morgan fingerprint density at radius 3 is 2.37 bits per heavy atom. The molecule has 3 aromatic carbocycles. The average Bonchev–Trinajstić information content (AvgIpc) is 2.98. The molecule has 0 bridgehead atoms. The molecule has 0 aliphatic heterocycles. The molecule has 3 aromatic rings. The SMILES string of the molecule is C=C(C)c1ccc(-c2cc(C)cc(C(=O)Sc3cccccc3=O)c2)cc(=O)c1O. The Bertz CT molecular complexity index is 1280. The van der Waals surface area contributed by atoms with Gasteiger partial charge in [-0.2, -0.15) is 0 Å². The van der Waals surface area contributed by atoms with Gasteiger partial charge in [-0.25, -0.2) is 0 Å².